The van der Waals surface area contributed by atoms with E-state index in [0.717, 1.165) is 36.5 Å². The lowest BCUT2D eigenvalue weighted by molar-refractivity contribution is 0.0677. The molecule has 1 saturated heterocycles. The largest absolute Gasteiger partial charge is 0.338 e. The van der Waals surface area contributed by atoms with Gasteiger partial charge in [-0.25, -0.2) is 0 Å². The van der Waals surface area contributed by atoms with Gasteiger partial charge in [0.1, 0.15) is 0 Å². The summed E-state index contributed by atoms with van der Waals surface area (Å²) >= 11 is 1.55. The maximum absolute atomic E-state index is 12.5. The number of nitrogens with zero attached hydrogens (tertiary/aromatic N) is 2. The van der Waals surface area contributed by atoms with Crippen molar-refractivity contribution in [3.63, 3.8) is 0 Å². The minimum absolute atomic E-state index is 0.193. The Labute approximate surface area is 129 Å². The van der Waals surface area contributed by atoms with Gasteiger partial charge in [-0.1, -0.05) is 6.07 Å². The van der Waals surface area contributed by atoms with Crippen molar-refractivity contribution in [1.29, 1.82) is 0 Å². The van der Waals surface area contributed by atoms with Crippen LogP contribution in [0, 0.1) is 12.8 Å². The second-order valence-electron chi connectivity index (χ2n) is 5.77. The van der Waals surface area contributed by atoms with Crippen molar-refractivity contribution >= 4 is 17.2 Å². The van der Waals surface area contributed by atoms with Gasteiger partial charge in [0.25, 0.3) is 5.91 Å². The average molecular weight is 300 g/mol. The Morgan fingerprint density at radius 3 is 3.10 bits per heavy atom. The third kappa shape index (κ3) is 3.50. The van der Waals surface area contributed by atoms with Gasteiger partial charge in [0.15, 0.2) is 0 Å². The van der Waals surface area contributed by atoms with Crippen LogP contribution in [0.15, 0.2) is 35.8 Å². The first-order valence-electron chi connectivity index (χ1n) is 7.46. The smallest absolute Gasteiger partial charge is 0.263 e. The monoisotopic (exact) mass is 300 g/mol. The second-order valence-corrected chi connectivity index (χ2v) is 6.68. The van der Waals surface area contributed by atoms with Crippen LogP contribution >= 0.6 is 11.3 Å². The van der Waals surface area contributed by atoms with Crippen LogP contribution in [0.25, 0.3) is 0 Å². The number of amides is 1. The summed E-state index contributed by atoms with van der Waals surface area (Å²) in [4.78, 5) is 19.8. The summed E-state index contributed by atoms with van der Waals surface area (Å²) in [6.45, 7) is 3.77. The van der Waals surface area contributed by atoms with Crippen molar-refractivity contribution in [2.24, 2.45) is 5.92 Å². The van der Waals surface area contributed by atoms with Crippen molar-refractivity contribution < 1.29 is 4.79 Å². The first-order chi connectivity index (χ1) is 10.2. The van der Waals surface area contributed by atoms with Crippen molar-refractivity contribution in [3.05, 3.63) is 52.0 Å². The van der Waals surface area contributed by atoms with Crippen molar-refractivity contribution in [3.8, 4) is 0 Å². The van der Waals surface area contributed by atoms with Gasteiger partial charge in [-0.2, -0.15) is 0 Å². The van der Waals surface area contributed by atoms with E-state index in [9.17, 15) is 4.79 Å². The standard InChI is InChI=1S/C17H20N2OS/c1-13-9-16(21-12-13)17(20)19-8-4-5-14(11-19)10-15-6-2-3-7-18-15/h2-3,6-7,9,12,14H,4-5,8,10-11H2,1H3/t14-/m1/s1. The number of pyridine rings is 1. The first-order valence-corrected chi connectivity index (χ1v) is 8.34. The molecule has 1 amide bonds. The van der Waals surface area contributed by atoms with E-state index in [4.69, 9.17) is 0 Å². The third-order valence-electron chi connectivity index (χ3n) is 3.97. The normalized spacial score (nSPS) is 18.7. The van der Waals surface area contributed by atoms with E-state index in [1.165, 1.54) is 12.0 Å². The molecule has 2 aromatic rings. The van der Waals surface area contributed by atoms with Gasteiger partial charge in [0.2, 0.25) is 0 Å². The van der Waals surface area contributed by atoms with Crippen molar-refractivity contribution in [2.75, 3.05) is 13.1 Å². The molecule has 1 fully saturated rings. The zero-order valence-corrected chi connectivity index (χ0v) is 13.1. The highest BCUT2D eigenvalue weighted by Crippen LogP contribution is 2.23. The zero-order valence-electron chi connectivity index (χ0n) is 12.3. The van der Waals surface area contributed by atoms with E-state index in [2.05, 4.69) is 11.1 Å². The number of thiophene rings is 1. The van der Waals surface area contributed by atoms with Gasteiger partial charge < -0.3 is 4.90 Å². The van der Waals surface area contributed by atoms with Crippen LogP contribution in [-0.4, -0.2) is 28.9 Å². The van der Waals surface area contributed by atoms with Gasteiger partial charge >= 0.3 is 0 Å². The molecule has 3 rings (SSSR count). The number of rotatable bonds is 3. The number of piperidine rings is 1. The second kappa shape index (κ2) is 6.39. The molecule has 0 spiro atoms. The van der Waals surface area contributed by atoms with Gasteiger partial charge in [0.05, 0.1) is 4.88 Å². The molecule has 0 unspecified atom stereocenters. The Kier molecular flexibility index (Phi) is 4.34. The minimum atomic E-state index is 0.193. The number of aryl methyl sites for hydroxylation is 1. The molecule has 21 heavy (non-hydrogen) atoms. The molecule has 3 heterocycles. The summed E-state index contributed by atoms with van der Waals surface area (Å²) in [6.07, 6.45) is 5.08. The Hall–Kier alpha value is -1.68. The summed E-state index contributed by atoms with van der Waals surface area (Å²) in [7, 11) is 0. The predicted octanol–water partition coefficient (Wildman–Crippen LogP) is 3.55. The molecule has 0 aliphatic carbocycles. The molecular formula is C17H20N2OS. The number of hydrogen-bond donors (Lipinski definition) is 0. The first kappa shape index (κ1) is 14.3. The van der Waals surface area contributed by atoms with E-state index in [-0.39, 0.29) is 5.91 Å². The summed E-state index contributed by atoms with van der Waals surface area (Å²) in [5, 5.41) is 2.04. The fourth-order valence-electron chi connectivity index (χ4n) is 2.93. The molecule has 3 nitrogen and oxygen atoms in total. The van der Waals surface area contributed by atoms with Crippen LogP contribution in [0.3, 0.4) is 0 Å². The van der Waals surface area contributed by atoms with E-state index >= 15 is 0 Å². The lowest BCUT2D eigenvalue weighted by atomic mass is 9.93. The molecule has 1 aliphatic heterocycles. The fraction of sp³-hybridized carbons (Fsp3) is 0.412. The zero-order chi connectivity index (χ0) is 14.7. The minimum Gasteiger partial charge on any atom is -0.338 e. The summed E-state index contributed by atoms with van der Waals surface area (Å²) in [5.74, 6) is 0.720. The Bertz CT molecular complexity index is 608. The van der Waals surface area contributed by atoms with Crippen LogP contribution in [0.4, 0.5) is 0 Å². The number of aromatic nitrogens is 1. The molecule has 0 saturated carbocycles. The van der Waals surface area contributed by atoms with E-state index in [1.54, 1.807) is 11.3 Å². The third-order valence-corrected chi connectivity index (χ3v) is 5.01. The SMILES string of the molecule is Cc1csc(C(=O)N2CCC[C@H](Cc3ccccn3)C2)c1. The van der Waals surface area contributed by atoms with Gasteiger partial charge in [-0.15, -0.1) is 11.3 Å². The summed E-state index contributed by atoms with van der Waals surface area (Å²) < 4.78 is 0. The van der Waals surface area contributed by atoms with Crippen LogP contribution in [0.2, 0.25) is 0 Å². The Morgan fingerprint density at radius 2 is 2.38 bits per heavy atom. The highest BCUT2D eigenvalue weighted by molar-refractivity contribution is 7.12. The van der Waals surface area contributed by atoms with Gasteiger partial charge in [-0.3, -0.25) is 9.78 Å². The Morgan fingerprint density at radius 1 is 1.48 bits per heavy atom. The lowest BCUT2D eigenvalue weighted by Gasteiger charge is -2.32. The lowest BCUT2D eigenvalue weighted by Crippen LogP contribution is -2.40. The van der Waals surface area contributed by atoms with E-state index in [1.807, 2.05) is 41.6 Å². The molecule has 2 aromatic heterocycles. The molecule has 0 bridgehead atoms. The fourth-order valence-corrected chi connectivity index (χ4v) is 3.79. The molecule has 4 heteroatoms. The van der Waals surface area contributed by atoms with Gasteiger partial charge in [0, 0.05) is 25.0 Å². The van der Waals surface area contributed by atoms with Crippen LogP contribution in [0.1, 0.15) is 33.8 Å². The molecule has 0 aromatic carbocycles. The average Bonchev–Trinajstić information content (AvgIpc) is 2.94. The highest BCUT2D eigenvalue weighted by Gasteiger charge is 2.25. The molecular weight excluding hydrogens is 280 g/mol. The molecule has 0 N–H and O–H groups in total. The summed E-state index contributed by atoms with van der Waals surface area (Å²) in [6, 6.07) is 8.04. The highest BCUT2D eigenvalue weighted by atomic mass is 32.1. The quantitative estimate of drug-likeness (QED) is 0.868. The molecule has 0 radical (unpaired) electrons. The number of hydrogen-bond acceptors (Lipinski definition) is 3. The number of likely N-dealkylation sites (tertiary alicyclic amines) is 1. The maximum atomic E-state index is 12.5. The molecule has 110 valence electrons. The van der Waals surface area contributed by atoms with E-state index in [0.29, 0.717) is 5.92 Å². The maximum Gasteiger partial charge on any atom is 0.263 e. The topological polar surface area (TPSA) is 33.2 Å². The van der Waals surface area contributed by atoms with E-state index < -0.39 is 0 Å². The predicted molar refractivity (Wildman–Crippen MR) is 85.6 cm³/mol. The Balaban J connectivity index is 1.64. The molecule has 1 atom stereocenters. The van der Waals surface area contributed by atoms with Crippen molar-refractivity contribution in [2.45, 2.75) is 26.2 Å². The summed E-state index contributed by atoms with van der Waals surface area (Å²) in [5.41, 5.74) is 2.30. The van der Waals surface area contributed by atoms with Crippen LogP contribution < -0.4 is 0 Å². The van der Waals surface area contributed by atoms with Crippen molar-refractivity contribution in [1.82, 2.24) is 9.88 Å². The van der Waals surface area contributed by atoms with Gasteiger partial charge in [-0.05, 0) is 61.2 Å². The number of carbonyl (C=O) groups is 1. The van der Waals surface area contributed by atoms with Crippen LogP contribution in [-0.2, 0) is 6.42 Å². The number of carbonyl (C=O) groups excluding carboxylic acids is 1. The molecule has 1 aliphatic rings. The van der Waals surface area contributed by atoms with Crippen LogP contribution in [0.5, 0.6) is 0 Å².